The van der Waals surface area contributed by atoms with Crippen LogP contribution in [0.4, 0.5) is 0 Å². The number of likely N-dealkylation sites (tertiary alicyclic amines) is 1. The van der Waals surface area contributed by atoms with Crippen LogP contribution in [-0.2, 0) is 11.8 Å². The molecule has 2 aliphatic heterocycles. The third kappa shape index (κ3) is 3.85. The van der Waals surface area contributed by atoms with E-state index in [-0.39, 0.29) is 11.9 Å². The predicted octanol–water partition coefficient (Wildman–Crippen LogP) is -0.444. The maximum Gasteiger partial charge on any atom is 0.269 e. The van der Waals surface area contributed by atoms with Crippen LogP contribution < -0.4 is 5.32 Å². The molecule has 122 valence electrons. The molecule has 0 radical (unpaired) electrons. The van der Waals surface area contributed by atoms with E-state index in [1.807, 2.05) is 0 Å². The van der Waals surface area contributed by atoms with Gasteiger partial charge in [-0.25, -0.2) is 0 Å². The highest BCUT2D eigenvalue weighted by atomic mass is 16.5. The first-order chi connectivity index (χ1) is 10.7. The van der Waals surface area contributed by atoms with Crippen molar-refractivity contribution in [1.82, 2.24) is 24.9 Å². The summed E-state index contributed by atoms with van der Waals surface area (Å²) in [5, 5.41) is 7.15. The van der Waals surface area contributed by atoms with E-state index in [1.165, 1.54) is 0 Å². The highest BCUT2D eigenvalue weighted by Gasteiger charge is 2.25. The number of nitrogens with one attached hydrogen (secondary N) is 1. The molecule has 2 saturated heterocycles. The van der Waals surface area contributed by atoms with Gasteiger partial charge in [0, 0.05) is 58.6 Å². The lowest BCUT2D eigenvalue weighted by molar-refractivity contribution is 0.0343. The van der Waals surface area contributed by atoms with Crippen molar-refractivity contribution in [2.45, 2.75) is 12.5 Å². The van der Waals surface area contributed by atoms with E-state index in [0.717, 1.165) is 58.9 Å². The summed E-state index contributed by atoms with van der Waals surface area (Å²) in [7, 11) is 1.79. The van der Waals surface area contributed by atoms with Crippen molar-refractivity contribution in [2.75, 3.05) is 52.5 Å². The Labute approximate surface area is 131 Å². The minimum Gasteiger partial charge on any atom is -0.379 e. The zero-order valence-corrected chi connectivity index (χ0v) is 13.2. The molecule has 1 amide bonds. The lowest BCUT2D eigenvalue weighted by atomic mass is 10.2. The fourth-order valence-corrected chi connectivity index (χ4v) is 3.12. The maximum absolute atomic E-state index is 12.2. The zero-order chi connectivity index (χ0) is 15.4. The third-order valence-electron chi connectivity index (χ3n) is 4.50. The lowest BCUT2D eigenvalue weighted by Gasteiger charge is -2.28. The molecule has 2 fully saturated rings. The van der Waals surface area contributed by atoms with Crippen LogP contribution >= 0.6 is 0 Å². The molecule has 1 atom stereocenters. The highest BCUT2D eigenvalue weighted by Crippen LogP contribution is 2.10. The van der Waals surface area contributed by atoms with E-state index in [2.05, 4.69) is 20.2 Å². The van der Waals surface area contributed by atoms with E-state index in [9.17, 15) is 4.79 Å². The van der Waals surface area contributed by atoms with E-state index < -0.39 is 0 Å². The highest BCUT2D eigenvalue weighted by molar-refractivity contribution is 5.92. The van der Waals surface area contributed by atoms with Gasteiger partial charge in [-0.15, -0.1) is 0 Å². The summed E-state index contributed by atoms with van der Waals surface area (Å²) < 4.78 is 6.98. The summed E-state index contributed by atoms with van der Waals surface area (Å²) in [4.78, 5) is 17.1. The summed E-state index contributed by atoms with van der Waals surface area (Å²) in [5.74, 6) is -0.0278. The lowest BCUT2D eigenvalue weighted by Crippen LogP contribution is -2.42. The van der Waals surface area contributed by atoms with E-state index in [1.54, 1.807) is 24.0 Å². The average Bonchev–Trinajstić information content (AvgIpc) is 3.15. The summed E-state index contributed by atoms with van der Waals surface area (Å²) in [6.07, 6.45) is 2.67. The predicted molar refractivity (Wildman–Crippen MR) is 82.8 cm³/mol. The van der Waals surface area contributed by atoms with Crippen LogP contribution in [0.1, 0.15) is 16.9 Å². The first-order valence-corrected chi connectivity index (χ1v) is 8.04. The van der Waals surface area contributed by atoms with Crippen molar-refractivity contribution in [3.05, 3.63) is 18.0 Å². The zero-order valence-electron chi connectivity index (χ0n) is 13.2. The number of aromatic nitrogens is 2. The molecular formula is C15H25N5O2. The van der Waals surface area contributed by atoms with E-state index in [4.69, 9.17) is 4.74 Å². The number of nitrogens with zero attached hydrogens (tertiary/aromatic N) is 4. The first kappa shape index (κ1) is 15.5. The van der Waals surface area contributed by atoms with Gasteiger partial charge >= 0.3 is 0 Å². The van der Waals surface area contributed by atoms with E-state index >= 15 is 0 Å². The van der Waals surface area contributed by atoms with Crippen LogP contribution in [0, 0.1) is 0 Å². The van der Waals surface area contributed by atoms with Crippen LogP contribution in [-0.4, -0.2) is 84.0 Å². The largest absolute Gasteiger partial charge is 0.379 e. The monoisotopic (exact) mass is 307 g/mol. The molecular weight excluding hydrogens is 282 g/mol. The van der Waals surface area contributed by atoms with Crippen LogP contribution in [0.5, 0.6) is 0 Å². The summed E-state index contributed by atoms with van der Waals surface area (Å²) in [5.41, 5.74) is 0.617. The Hall–Kier alpha value is -1.44. The Bertz CT molecular complexity index is 498. The van der Waals surface area contributed by atoms with E-state index in [0.29, 0.717) is 5.69 Å². The molecule has 3 heterocycles. The number of hydrogen-bond donors (Lipinski definition) is 1. The number of aryl methyl sites for hydroxylation is 1. The van der Waals surface area contributed by atoms with Crippen LogP contribution in [0.3, 0.4) is 0 Å². The van der Waals surface area contributed by atoms with Gasteiger partial charge in [0.15, 0.2) is 0 Å². The SMILES string of the molecule is Cn1nccc1C(=O)NC1CCN(CCN2CCOCC2)C1. The summed E-state index contributed by atoms with van der Waals surface area (Å²) >= 11 is 0. The minimum absolute atomic E-state index is 0.0278. The standard InChI is InChI=1S/C15H25N5O2/c1-18-14(2-4-16-18)15(21)17-13-3-5-20(12-13)7-6-19-8-10-22-11-9-19/h2,4,13H,3,5-12H2,1H3,(H,17,21). The molecule has 1 N–H and O–H groups in total. The molecule has 7 heteroatoms. The average molecular weight is 307 g/mol. The van der Waals surface area contributed by atoms with Crippen molar-refractivity contribution in [3.63, 3.8) is 0 Å². The Morgan fingerprint density at radius 3 is 2.82 bits per heavy atom. The second-order valence-corrected chi connectivity index (χ2v) is 6.05. The fraction of sp³-hybridized carbons (Fsp3) is 0.733. The second kappa shape index (κ2) is 7.21. The number of ether oxygens (including phenoxy) is 1. The van der Waals surface area contributed by atoms with Gasteiger partial charge in [-0.05, 0) is 12.5 Å². The summed E-state index contributed by atoms with van der Waals surface area (Å²) in [6.45, 7) is 7.92. The Kier molecular flexibility index (Phi) is 5.07. The van der Waals surface area contributed by atoms with Gasteiger partial charge in [0.25, 0.3) is 5.91 Å². The van der Waals surface area contributed by atoms with Crippen molar-refractivity contribution in [2.24, 2.45) is 7.05 Å². The smallest absolute Gasteiger partial charge is 0.269 e. The minimum atomic E-state index is -0.0278. The molecule has 22 heavy (non-hydrogen) atoms. The van der Waals surface area contributed by atoms with Gasteiger partial charge in [0.05, 0.1) is 13.2 Å². The Morgan fingerprint density at radius 1 is 1.32 bits per heavy atom. The van der Waals surface area contributed by atoms with Crippen molar-refractivity contribution in [1.29, 1.82) is 0 Å². The Morgan fingerprint density at radius 2 is 2.09 bits per heavy atom. The number of amides is 1. The van der Waals surface area contributed by atoms with Crippen LogP contribution in [0.25, 0.3) is 0 Å². The molecule has 1 unspecified atom stereocenters. The molecule has 3 rings (SSSR count). The van der Waals surface area contributed by atoms with Gasteiger partial charge in [0.2, 0.25) is 0 Å². The molecule has 1 aromatic rings. The van der Waals surface area contributed by atoms with Crippen LogP contribution in [0.2, 0.25) is 0 Å². The molecule has 2 aliphatic rings. The Balaban J connectivity index is 1.40. The van der Waals surface area contributed by atoms with Gasteiger partial charge in [-0.3, -0.25) is 19.3 Å². The number of hydrogen-bond acceptors (Lipinski definition) is 5. The maximum atomic E-state index is 12.2. The van der Waals surface area contributed by atoms with Crippen LogP contribution in [0.15, 0.2) is 12.3 Å². The number of carbonyl (C=O) groups is 1. The third-order valence-corrected chi connectivity index (χ3v) is 4.50. The second-order valence-electron chi connectivity index (χ2n) is 6.05. The van der Waals surface area contributed by atoms with Crippen molar-refractivity contribution < 1.29 is 9.53 Å². The van der Waals surface area contributed by atoms with Gasteiger partial charge in [-0.2, -0.15) is 5.10 Å². The quantitative estimate of drug-likeness (QED) is 0.799. The molecule has 7 nitrogen and oxygen atoms in total. The molecule has 0 aromatic carbocycles. The molecule has 1 aromatic heterocycles. The number of morpholine rings is 1. The summed E-state index contributed by atoms with van der Waals surface area (Å²) in [6, 6.07) is 1.99. The van der Waals surface area contributed by atoms with Gasteiger partial charge < -0.3 is 10.1 Å². The molecule has 0 aliphatic carbocycles. The van der Waals surface area contributed by atoms with Gasteiger partial charge in [-0.1, -0.05) is 0 Å². The molecule has 0 bridgehead atoms. The molecule has 0 saturated carbocycles. The topological polar surface area (TPSA) is 62.6 Å². The molecule has 0 spiro atoms. The first-order valence-electron chi connectivity index (χ1n) is 8.04. The van der Waals surface area contributed by atoms with Crippen molar-refractivity contribution >= 4 is 5.91 Å². The van der Waals surface area contributed by atoms with Crippen molar-refractivity contribution in [3.8, 4) is 0 Å². The van der Waals surface area contributed by atoms with Gasteiger partial charge in [0.1, 0.15) is 5.69 Å². The normalized spacial score (nSPS) is 23.8. The fourth-order valence-electron chi connectivity index (χ4n) is 3.12. The number of carbonyl (C=O) groups excluding carboxylic acids is 1. The number of rotatable bonds is 5.